The van der Waals surface area contributed by atoms with Crippen LogP contribution in [0.4, 0.5) is 0 Å². The van der Waals surface area contributed by atoms with Gasteiger partial charge in [-0.3, -0.25) is 4.79 Å². The van der Waals surface area contributed by atoms with E-state index in [0.29, 0.717) is 23.8 Å². The van der Waals surface area contributed by atoms with Gasteiger partial charge in [-0.15, -0.1) is 0 Å². The minimum atomic E-state index is -0.138. The number of ether oxygens (including phenoxy) is 4. The van der Waals surface area contributed by atoms with Gasteiger partial charge in [0.15, 0.2) is 18.1 Å². The minimum Gasteiger partial charge on any atom is -0.497 e. The van der Waals surface area contributed by atoms with Crippen molar-refractivity contribution in [3.63, 3.8) is 0 Å². The second kappa shape index (κ2) is 8.82. The van der Waals surface area contributed by atoms with Gasteiger partial charge in [-0.1, -0.05) is 12.1 Å². The van der Waals surface area contributed by atoms with Crippen molar-refractivity contribution < 1.29 is 23.7 Å². The Bertz CT molecular complexity index is 699. The average molecular weight is 345 g/mol. The van der Waals surface area contributed by atoms with E-state index in [9.17, 15) is 4.79 Å². The molecule has 0 saturated heterocycles. The third-order valence-electron chi connectivity index (χ3n) is 3.74. The zero-order valence-electron chi connectivity index (χ0n) is 14.9. The first kappa shape index (κ1) is 18.4. The molecule has 0 unspecified atom stereocenters. The molecule has 0 aliphatic rings. The van der Waals surface area contributed by atoms with Crippen LogP contribution in [-0.2, 0) is 11.3 Å². The molecule has 0 radical (unpaired) electrons. The van der Waals surface area contributed by atoms with Crippen molar-refractivity contribution in [2.45, 2.75) is 6.54 Å². The molecule has 134 valence electrons. The molecular formula is C19H23NO5. The van der Waals surface area contributed by atoms with Gasteiger partial charge in [0.2, 0.25) is 0 Å². The Kier molecular flexibility index (Phi) is 6.51. The Hall–Kier alpha value is -2.89. The fourth-order valence-electron chi connectivity index (χ4n) is 2.35. The van der Waals surface area contributed by atoms with E-state index in [-0.39, 0.29) is 12.5 Å². The fraction of sp³-hybridized carbons (Fsp3) is 0.316. The highest BCUT2D eigenvalue weighted by Crippen LogP contribution is 2.31. The summed E-state index contributed by atoms with van der Waals surface area (Å²) in [5, 5.41) is 0. The fourth-order valence-corrected chi connectivity index (χ4v) is 2.35. The molecule has 0 N–H and O–H groups in total. The molecule has 6 nitrogen and oxygen atoms in total. The van der Waals surface area contributed by atoms with Gasteiger partial charge in [0.05, 0.1) is 21.3 Å². The van der Waals surface area contributed by atoms with Gasteiger partial charge in [-0.05, 0) is 30.3 Å². The summed E-state index contributed by atoms with van der Waals surface area (Å²) in [5.41, 5.74) is 0.863. The first-order chi connectivity index (χ1) is 12.1. The molecule has 0 spiro atoms. The van der Waals surface area contributed by atoms with Crippen molar-refractivity contribution in [2.24, 2.45) is 0 Å². The van der Waals surface area contributed by atoms with Crippen LogP contribution < -0.4 is 18.9 Å². The standard InChI is InChI=1S/C19H23NO5/c1-20(12-14-6-5-7-17(23-3)19(14)24-4)18(21)13-25-16-10-8-15(22-2)9-11-16/h5-11H,12-13H2,1-4H3. The zero-order chi connectivity index (χ0) is 18.2. The van der Waals surface area contributed by atoms with Gasteiger partial charge >= 0.3 is 0 Å². The number of hydrogen-bond acceptors (Lipinski definition) is 5. The lowest BCUT2D eigenvalue weighted by Gasteiger charge is -2.20. The van der Waals surface area contributed by atoms with E-state index in [1.54, 1.807) is 57.5 Å². The van der Waals surface area contributed by atoms with Gasteiger partial charge in [-0.2, -0.15) is 0 Å². The molecule has 0 bridgehead atoms. The third-order valence-corrected chi connectivity index (χ3v) is 3.74. The van der Waals surface area contributed by atoms with Crippen molar-refractivity contribution in [1.29, 1.82) is 0 Å². The van der Waals surface area contributed by atoms with Crippen LogP contribution in [0.3, 0.4) is 0 Å². The Morgan fingerprint density at radius 2 is 1.60 bits per heavy atom. The molecule has 2 aromatic rings. The Morgan fingerprint density at radius 1 is 0.920 bits per heavy atom. The number of amides is 1. The molecule has 0 aliphatic heterocycles. The summed E-state index contributed by atoms with van der Waals surface area (Å²) in [5.74, 6) is 2.47. The maximum absolute atomic E-state index is 12.3. The number of likely N-dealkylation sites (N-methyl/N-ethyl adjacent to an activating group) is 1. The predicted molar refractivity (Wildman–Crippen MR) is 94.5 cm³/mol. The number of carbonyl (C=O) groups excluding carboxylic acids is 1. The van der Waals surface area contributed by atoms with Gasteiger partial charge < -0.3 is 23.8 Å². The molecule has 2 rings (SSSR count). The lowest BCUT2D eigenvalue weighted by Crippen LogP contribution is -2.31. The van der Waals surface area contributed by atoms with Crippen molar-refractivity contribution in [1.82, 2.24) is 4.90 Å². The van der Waals surface area contributed by atoms with Crippen molar-refractivity contribution in [3.8, 4) is 23.0 Å². The summed E-state index contributed by atoms with van der Waals surface area (Å²) < 4.78 is 21.3. The van der Waals surface area contributed by atoms with Crippen LogP contribution in [0.5, 0.6) is 23.0 Å². The van der Waals surface area contributed by atoms with E-state index in [1.807, 2.05) is 18.2 Å². The summed E-state index contributed by atoms with van der Waals surface area (Å²) >= 11 is 0. The largest absolute Gasteiger partial charge is 0.497 e. The highest BCUT2D eigenvalue weighted by atomic mass is 16.5. The molecule has 0 heterocycles. The quantitative estimate of drug-likeness (QED) is 0.736. The van der Waals surface area contributed by atoms with Crippen molar-refractivity contribution in [2.75, 3.05) is 35.0 Å². The van der Waals surface area contributed by atoms with Crippen LogP contribution in [0.15, 0.2) is 42.5 Å². The number of para-hydroxylation sites is 1. The van der Waals surface area contributed by atoms with E-state index in [4.69, 9.17) is 18.9 Å². The Labute approximate surface area is 147 Å². The van der Waals surface area contributed by atoms with Gasteiger partial charge in [0.25, 0.3) is 5.91 Å². The molecular weight excluding hydrogens is 322 g/mol. The molecule has 1 amide bonds. The van der Waals surface area contributed by atoms with Gasteiger partial charge in [0.1, 0.15) is 11.5 Å². The second-order valence-corrected chi connectivity index (χ2v) is 5.37. The Balaban J connectivity index is 1.96. The molecule has 0 aliphatic carbocycles. The number of methoxy groups -OCH3 is 3. The van der Waals surface area contributed by atoms with Crippen molar-refractivity contribution >= 4 is 5.91 Å². The van der Waals surface area contributed by atoms with Crippen molar-refractivity contribution in [3.05, 3.63) is 48.0 Å². The lowest BCUT2D eigenvalue weighted by molar-refractivity contribution is -0.132. The number of carbonyl (C=O) groups is 1. The predicted octanol–water partition coefficient (Wildman–Crippen LogP) is 2.75. The first-order valence-corrected chi connectivity index (χ1v) is 7.79. The molecule has 25 heavy (non-hydrogen) atoms. The molecule has 0 atom stereocenters. The number of nitrogens with zero attached hydrogens (tertiary/aromatic N) is 1. The molecule has 2 aromatic carbocycles. The van der Waals surface area contributed by atoms with Gasteiger partial charge in [-0.25, -0.2) is 0 Å². The maximum Gasteiger partial charge on any atom is 0.260 e. The van der Waals surface area contributed by atoms with E-state index in [0.717, 1.165) is 11.3 Å². The van der Waals surface area contributed by atoms with Gasteiger partial charge in [0, 0.05) is 19.2 Å². The summed E-state index contributed by atoms with van der Waals surface area (Å²) in [7, 11) is 6.48. The number of hydrogen-bond donors (Lipinski definition) is 0. The Morgan fingerprint density at radius 3 is 2.20 bits per heavy atom. The van der Waals surface area contributed by atoms with E-state index >= 15 is 0 Å². The minimum absolute atomic E-state index is 0.0465. The SMILES string of the molecule is COc1ccc(OCC(=O)N(C)Cc2cccc(OC)c2OC)cc1. The van der Waals surface area contributed by atoms with Crippen LogP contribution in [0, 0.1) is 0 Å². The van der Waals surface area contributed by atoms with Crippen LogP contribution in [0.1, 0.15) is 5.56 Å². The van der Waals surface area contributed by atoms with Crippen LogP contribution in [-0.4, -0.2) is 45.8 Å². The smallest absolute Gasteiger partial charge is 0.260 e. The van der Waals surface area contributed by atoms with Crippen LogP contribution in [0.2, 0.25) is 0 Å². The van der Waals surface area contributed by atoms with E-state index < -0.39 is 0 Å². The second-order valence-electron chi connectivity index (χ2n) is 5.37. The van der Waals surface area contributed by atoms with Crippen LogP contribution >= 0.6 is 0 Å². The lowest BCUT2D eigenvalue weighted by atomic mass is 10.1. The van der Waals surface area contributed by atoms with E-state index in [2.05, 4.69) is 0 Å². The molecule has 6 heteroatoms. The summed E-state index contributed by atoms with van der Waals surface area (Å²) in [4.78, 5) is 13.9. The molecule has 0 aromatic heterocycles. The highest BCUT2D eigenvalue weighted by Gasteiger charge is 2.15. The first-order valence-electron chi connectivity index (χ1n) is 7.79. The number of rotatable bonds is 8. The maximum atomic E-state index is 12.3. The monoisotopic (exact) mass is 345 g/mol. The molecule has 0 fully saturated rings. The zero-order valence-corrected chi connectivity index (χ0v) is 14.9. The average Bonchev–Trinajstić information content (AvgIpc) is 2.66. The summed E-state index contributed by atoms with van der Waals surface area (Å²) in [6.45, 7) is 0.348. The topological polar surface area (TPSA) is 57.2 Å². The number of benzene rings is 2. The normalized spacial score (nSPS) is 10.1. The highest BCUT2D eigenvalue weighted by molar-refractivity contribution is 5.77. The molecule has 0 saturated carbocycles. The van der Waals surface area contributed by atoms with Crippen LogP contribution in [0.25, 0.3) is 0 Å². The summed E-state index contributed by atoms with van der Waals surface area (Å²) in [6, 6.07) is 12.7. The third kappa shape index (κ3) is 4.79. The summed E-state index contributed by atoms with van der Waals surface area (Å²) in [6.07, 6.45) is 0. The van der Waals surface area contributed by atoms with E-state index in [1.165, 1.54) is 0 Å².